The summed E-state index contributed by atoms with van der Waals surface area (Å²) in [6.45, 7) is 7.08. The summed E-state index contributed by atoms with van der Waals surface area (Å²) in [5.74, 6) is 1.87. The minimum Gasteiger partial charge on any atom is -0.316 e. The van der Waals surface area contributed by atoms with E-state index in [0.717, 1.165) is 11.8 Å². The predicted octanol–water partition coefficient (Wildman–Crippen LogP) is 1.50. The molecule has 0 aliphatic carbocycles. The van der Waals surface area contributed by atoms with Crippen LogP contribution in [0.1, 0.15) is 21.7 Å². The van der Waals surface area contributed by atoms with Gasteiger partial charge in [0, 0.05) is 1.43 Å². The van der Waals surface area contributed by atoms with Gasteiger partial charge in [0.1, 0.15) is 0 Å². The third kappa shape index (κ3) is 1.03. The Morgan fingerprint density at radius 2 is 2.38 bits per heavy atom. The smallest absolute Gasteiger partial charge is 0 e. The lowest BCUT2D eigenvalue weighted by Gasteiger charge is -2.08. The molecule has 1 nitrogen and oxygen atoms in total. The fraction of sp³-hybridized carbons (Fsp3) is 1.00. The fourth-order valence-corrected chi connectivity index (χ4v) is 1.41. The molecule has 0 amide bonds. The molecule has 0 spiro atoms. The van der Waals surface area contributed by atoms with Crippen LogP contribution < -0.4 is 5.32 Å². The second-order valence-electron chi connectivity index (χ2n) is 2.80. The van der Waals surface area contributed by atoms with E-state index < -0.39 is 0 Å². The molecule has 0 bridgehead atoms. The highest BCUT2D eigenvalue weighted by Crippen LogP contribution is 2.17. The molecule has 0 aromatic rings. The molecule has 1 fully saturated rings. The maximum absolute atomic E-state index is 3.37. The van der Waals surface area contributed by atoms with E-state index >= 15 is 0 Å². The molecule has 1 N–H and O–H groups in total. The van der Waals surface area contributed by atoms with Gasteiger partial charge in [0.2, 0.25) is 0 Å². The predicted molar refractivity (Wildman–Crippen MR) is 37.9 cm³/mol. The van der Waals surface area contributed by atoms with Gasteiger partial charge in [-0.25, -0.2) is 0 Å². The van der Waals surface area contributed by atoms with Gasteiger partial charge in [-0.15, -0.1) is 0 Å². The third-order valence-electron chi connectivity index (χ3n) is 2.20. The first-order chi connectivity index (χ1) is 3.84. The molecule has 1 heteroatoms. The second-order valence-corrected chi connectivity index (χ2v) is 2.80. The molecular weight excluding hydrogens is 98.1 g/mol. The summed E-state index contributed by atoms with van der Waals surface area (Å²) < 4.78 is 0. The van der Waals surface area contributed by atoms with Crippen LogP contribution in [-0.2, 0) is 0 Å². The van der Waals surface area contributed by atoms with Crippen molar-refractivity contribution in [3.05, 3.63) is 0 Å². The molecule has 0 aromatic carbocycles. The van der Waals surface area contributed by atoms with Crippen LogP contribution in [0, 0.1) is 11.8 Å². The van der Waals surface area contributed by atoms with Gasteiger partial charge in [-0.3, -0.25) is 0 Å². The average Bonchev–Trinajstić information content (AvgIpc) is 2.14. The normalized spacial score (nSPS) is 38.2. The van der Waals surface area contributed by atoms with E-state index in [1.807, 2.05) is 0 Å². The number of nitrogens with one attached hydrogen (secondary N) is 1. The number of hydrogen-bond acceptors (Lipinski definition) is 1. The van der Waals surface area contributed by atoms with Crippen LogP contribution in [0.3, 0.4) is 0 Å². The molecule has 1 heterocycles. The lowest BCUT2D eigenvalue weighted by molar-refractivity contribution is 0.440. The minimum atomic E-state index is 0. The fourth-order valence-electron chi connectivity index (χ4n) is 1.41. The van der Waals surface area contributed by atoms with Crippen LogP contribution >= 0.6 is 0 Å². The van der Waals surface area contributed by atoms with Crippen LogP contribution in [0.25, 0.3) is 0 Å². The third-order valence-corrected chi connectivity index (χ3v) is 2.20. The molecule has 0 radical (unpaired) electrons. The zero-order chi connectivity index (χ0) is 5.98. The summed E-state index contributed by atoms with van der Waals surface area (Å²) in [6.07, 6.45) is 1.34. The standard InChI is InChI=1S/C7H15N.H2/c1-3-7-5-8-4-6(7)2;/h6-8H,3-5H2,1-2H3;1H/t6-,7?;/m0./s1. The van der Waals surface area contributed by atoms with Gasteiger partial charge in [0.05, 0.1) is 0 Å². The highest BCUT2D eigenvalue weighted by Gasteiger charge is 2.20. The summed E-state index contributed by atoms with van der Waals surface area (Å²) in [6, 6.07) is 0. The monoisotopic (exact) mass is 115 g/mol. The zero-order valence-corrected chi connectivity index (χ0v) is 5.78. The Balaban J connectivity index is 0.000000640. The maximum atomic E-state index is 3.37. The summed E-state index contributed by atoms with van der Waals surface area (Å²) in [7, 11) is 0. The van der Waals surface area contributed by atoms with E-state index in [4.69, 9.17) is 0 Å². The molecule has 2 atom stereocenters. The van der Waals surface area contributed by atoms with Gasteiger partial charge in [0.25, 0.3) is 0 Å². The van der Waals surface area contributed by atoms with E-state index in [1.54, 1.807) is 0 Å². The van der Waals surface area contributed by atoms with Crippen molar-refractivity contribution in [2.45, 2.75) is 20.3 Å². The van der Waals surface area contributed by atoms with Gasteiger partial charge in [-0.1, -0.05) is 20.3 Å². The topological polar surface area (TPSA) is 12.0 Å². The molecule has 1 saturated heterocycles. The minimum absolute atomic E-state index is 0. The second kappa shape index (κ2) is 2.49. The largest absolute Gasteiger partial charge is 0.316 e. The average molecular weight is 115 g/mol. The molecule has 0 aromatic heterocycles. The first kappa shape index (κ1) is 6.09. The lowest BCUT2D eigenvalue weighted by atomic mass is 9.96. The highest BCUT2D eigenvalue weighted by atomic mass is 14.9. The van der Waals surface area contributed by atoms with Gasteiger partial charge in [-0.2, -0.15) is 0 Å². The zero-order valence-electron chi connectivity index (χ0n) is 5.78. The van der Waals surface area contributed by atoms with E-state index in [-0.39, 0.29) is 1.43 Å². The lowest BCUT2D eigenvalue weighted by Crippen LogP contribution is -2.07. The van der Waals surface area contributed by atoms with Crippen molar-refractivity contribution < 1.29 is 1.43 Å². The van der Waals surface area contributed by atoms with Crippen molar-refractivity contribution in [2.24, 2.45) is 11.8 Å². The van der Waals surface area contributed by atoms with E-state index in [1.165, 1.54) is 19.5 Å². The van der Waals surface area contributed by atoms with Crippen LogP contribution in [0.4, 0.5) is 0 Å². The Morgan fingerprint density at radius 3 is 2.62 bits per heavy atom. The van der Waals surface area contributed by atoms with Crippen LogP contribution in [0.5, 0.6) is 0 Å². The molecule has 1 aliphatic rings. The number of hydrogen-bond donors (Lipinski definition) is 1. The summed E-state index contributed by atoms with van der Waals surface area (Å²) >= 11 is 0. The number of rotatable bonds is 1. The Bertz CT molecular complexity index is 75.3. The van der Waals surface area contributed by atoms with Crippen LogP contribution in [-0.4, -0.2) is 13.1 Å². The SMILES string of the molecule is CCC1CNC[C@@H]1C.[HH]. The Hall–Kier alpha value is -0.0400. The molecular formula is C7H17N. The van der Waals surface area contributed by atoms with E-state index in [9.17, 15) is 0 Å². The first-order valence-corrected chi connectivity index (χ1v) is 3.55. The van der Waals surface area contributed by atoms with Crippen molar-refractivity contribution in [1.29, 1.82) is 0 Å². The Labute approximate surface area is 53.0 Å². The molecule has 50 valence electrons. The summed E-state index contributed by atoms with van der Waals surface area (Å²) in [5.41, 5.74) is 0. The van der Waals surface area contributed by atoms with Crippen molar-refractivity contribution in [3.8, 4) is 0 Å². The van der Waals surface area contributed by atoms with E-state index in [2.05, 4.69) is 19.2 Å². The summed E-state index contributed by atoms with van der Waals surface area (Å²) in [4.78, 5) is 0. The maximum Gasteiger partial charge on any atom is 0 e. The van der Waals surface area contributed by atoms with Gasteiger partial charge >= 0.3 is 0 Å². The quantitative estimate of drug-likeness (QED) is 0.546. The van der Waals surface area contributed by atoms with Crippen LogP contribution in [0.15, 0.2) is 0 Å². The first-order valence-electron chi connectivity index (χ1n) is 3.55. The Kier molecular flexibility index (Phi) is 1.90. The van der Waals surface area contributed by atoms with Crippen molar-refractivity contribution in [3.63, 3.8) is 0 Å². The van der Waals surface area contributed by atoms with Crippen LogP contribution in [0.2, 0.25) is 0 Å². The van der Waals surface area contributed by atoms with Gasteiger partial charge < -0.3 is 5.32 Å². The highest BCUT2D eigenvalue weighted by molar-refractivity contribution is 4.76. The van der Waals surface area contributed by atoms with Crippen molar-refractivity contribution in [1.82, 2.24) is 5.32 Å². The Morgan fingerprint density at radius 1 is 1.62 bits per heavy atom. The van der Waals surface area contributed by atoms with Crippen molar-refractivity contribution in [2.75, 3.05) is 13.1 Å². The molecule has 1 rings (SSSR count). The molecule has 8 heavy (non-hydrogen) atoms. The summed E-state index contributed by atoms with van der Waals surface area (Å²) in [5, 5.41) is 3.37. The van der Waals surface area contributed by atoms with Gasteiger partial charge in [-0.05, 0) is 24.9 Å². The van der Waals surface area contributed by atoms with E-state index in [0.29, 0.717) is 0 Å². The molecule has 0 saturated carbocycles. The molecule has 1 aliphatic heterocycles. The molecule has 1 unspecified atom stereocenters. The van der Waals surface area contributed by atoms with Crippen molar-refractivity contribution >= 4 is 0 Å². The van der Waals surface area contributed by atoms with Gasteiger partial charge in [0.15, 0.2) is 0 Å².